The van der Waals surface area contributed by atoms with Gasteiger partial charge < -0.3 is 0 Å². The number of unbranched alkanes of at least 4 members (excludes halogenated alkanes) is 1. The Morgan fingerprint density at radius 2 is 1.88 bits per heavy atom. The van der Waals surface area contributed by atoms with Crippen molar-refractivity contribution in [3.05, 3.63) is 11.4 Å². The first-order valence-electron chi connectivity index (χ1n) is 6.39. The average molecular weight is 223 g/mol. The van der Waals surface area contributed by atoms with Gasteiger partial charge in [-0.2, -0.15) is 0 Å². The smallest absolute Gasteiger partial charge is 0.0864 e. The maximum atomic E-state index is 4.34. The summed E-state index contributed by atoms with van der Waals surface area (Å²) in [7, 11) is 0. The standard InChI is InChI=1S/C13H25N3/c1-6-8-9-16-12(7-2)11(14-15-16)10-13(3,4)5/h6-10H2,1-5H3. The highest BCUT2D eigenvalue weighted by molar-refractivity contribution is 5.11. The summed E-state index contributed by atoms with van der Waals surface area (Å²) in [5, 5.41) is 8.61. The van der Waals surface area contributed by atoms with E-state index in [9.17, 15) is 0 Å². The van der Waals surface area contributed by atoms with Crippen LogP contribution in [0.5, 0.6) is 0 Å². The second kappa shape index (κ2) is 5.46. The highest BCUT2D eigenvalue weighted by atomic mass is 15.4. The van der Waals surface area contributed by atoms with Crippen LogP contribution in [0.1, 0.15) is 58.8 Å². The Balaban J connectivity index is 2.82. The van der Waals surface area contributed by atoms with Crippen LogP contribution in [0.2, 0.25) is 0 Å². The van der Waals surface area contributed by atoms with Crippen molar-refractivity contribution in [2.75, 3.05) is 0 Å². The molecule has 1 aromatic rings. The second-order valence-electron chi connectivity index (χ2n) is 5.65. The van der Waals surface area contributed by atoms with Gasteiger partial charge in [0, 0.05) is 6.54 Å². The first-order chi connectivity index (χ1) is 7.48. The van der Waals surface area contributed by atoms with Crippen molar-refractivity contribution in [2.45, 2.75) is 66.8 Å². The van der Waals surface area contributed by atoms with Gasteiger partial charge in [-0.15, -0.1) is 5.10 Å². The maximum absolute atomic E-state index is 4.34. The summed E-state index contributed by atoms with van der Waals surface area (Å²) < 4.78 is 2.09. The lowest BCUT2D eigenvalue weighted by atomic mass is 9.89. The Labute approximate surface area is 99.2 Å². The first kappa shape index (κ1) is 13.2. The largest absolute Gasteiger partial charge is 0.249 e. The molecule has 0 fully saturated rings. The molecule has 0 bridgehead atoms. The molecule has 1 rings (SSSR count). The van der Waals surface area contributed by atoms with Crippen LogP contribution in [0.25, 0.3) is 0 Å². The molecule has 0 saturated carbocycles. The van der Waals surface area contributed by atoms with Crippen LogP contribution in [-0.2, 0) is 19.4 Å². The molecule has 3 nitrogen and oxygen atoms in total. The van der Waals surface area contributed by atoms with E-state index in [-0.39, 0.29) is 5.41 Å². The van der Waals surface area contributed by atoms with Gasteiger partial charge in [-0.1, -0.05) is 46.3 Å². The van der Waals surface area contributed by atoms with E-state index in [1.165, 1.54) is 24.2 Å². The van der Waals surface area contributed by atoms with Gasteiger partial charge in [0.1, 0.15) is 0 Å². The zero-order chi connectivity index (χ0) is 12.2. The molecule has 0 aliphatic carbocycles. The van der Waals surface area contributed by atoms with Gasteiger partial charge in [-0.3, -0.25) is 0 Å². The van der Waals surface area contributed by atoms with E-state index in [1.807, 2.05) is 0 Å². The maximum Gasteiger partial charge on any atom is 0.0864 e. The summed E-state index contributed by atoms with van der Waals surface area (Å²) in [5.74, 6) is 0. The molecule has 1 heterocycles. The molecule has 1 aromatic heterocycles. The molecule has 92 valence electrons. The third-order valence-electron chi connectivity index (χ3n) is 2.67. The third kappa shape index (κ3) is 3.62. The minimum Gasteiger partial charge on any atom is -0.249 e. The van der Waals surface area contributed by atoms with Gasteiger partial charge in [0.25, 0.3) is 0 Å². The van der Waals surface area contributed by atoms with E-state index in [2.05, 4.69) is 49.6 Å². The quantitative estimate of drug-likeness (QED) is 0.767. The fourth-order valence-electron chi connectivity index (χ4n) is 1.88. The highest BCUT2D eigenvalue weighted by Crippen LogP contribution is 2.21. The van der Waals surface area contributed by atoms with Crippen molar-refractivity contribution >= 4 is 0 Å². The van der Waals surface area contributed by atoms with Crippen LogP contribution in [0.15, 0.2) is 0 Å². The number of hydrogen-bond donors (Lipinski definition) is 0. The van der Waals surface area contributed by atoms with Crippen LogP contribution in [-0.4, -0.2) is 15.0 Å². The minimum absolute atomic E-state index is 0.287. The third-order valence-corrected chi connectivity index (χ3v) is 2.67. The predicted octanol–water partition coefficient (Wildman–Crippen LogP) is 3.23. The number of hydrogen-bond acceptors (Lipinski definition) is 2. The first-order valence-corrected chi connectivity index (χ1v) is 6.39. The van der Waals surface area contributed by atoms with Crippen molar-refractivity contribution < 1.29 is 0 Å². The van der Waals surface area contributed by atoms with Crippen LogP contribution < -0.4 is 0 Å². The number of nitrogens with zero attached hydrogens (tertiary/aromatic N) is 3. The van der Waals surface area contributed by atoms with Gasteiger partial charge >= 0.3 is 0 Å². The van der Waals surface area contributed by atoms with Crippen molar-refractivity contribution in [2.24, 2.45) is 5.41 Å². The predicted molar refractivity (Wildman–Crippen MR) is 67.5 cm³/mol. The number of aryl methyl sites for hydroxylation is 1. The molecule has 0 aliphatic heterocycles. The van der Waals surface area contributed by atoms with Crippen molar-refractivity contribution in [1.29, 1.82) is 0 Å². The summed E-state index contributed by atoms with van der Waals surface area (Å²) in [5.41, 5.74) is 2.80. The topological polar surface area (TPSA) is 30.7 Å². The van der Waals surface area contributed by atoms with E-state index < -0.39 is 0 Å². The molecule has 0 spiro atoms. The summed E-state index contributed by atoms with van der Waals surface area (Å²) >= 11 is 0. The summed E-state index contributed by atoms with van der Waals surface area (Å²) in [4.78, 5) is 0. The molecular weight excluding hydrogens is 198 g/mol. The molecule has 0 radical (unpaired) electrons. The van der Waals surface area contributed by atoms with E-state index >= 15 is 0 Å². The lowest BCUT2D eigenvalue weighted by Gasteiger charge is -2.17. The average Bonchev–Trinajstić information content (AvgIpc) is 2.54. The SMILES string of the molecule is CCCCn1nnc(CC(C)(C)C)c1CC. The molecule has 0 atom stereocenters. The molecule has 0 N–H and O–H groups in total. The van der Waals surface area contributed by atoms with E-state index in [0.717, 1.165) is 19.4 Å². The molecule has 0 unspecified atom stereocenters. The lowest BCUT2D eigenvalue weighted by Crippen LogP contribution is -2.12. The van der Waals surface area contributed by atoms with Crippen LogP contribution in [0.3, 0.4) is 0 Å². The summed E-state index contributed by atoms with van der Waals surface area (Å²) in [6, 6.07) is 0. The van der Waals surface area contributed by atoms with Gasteiger partial charge in [0.2, 0.25) is 0 Å². The van der Waals surface area contributed by atoms with Crippen molar-refractivity contribution in [3.8, 4) is 0 Å². The van der Waals surface area contributed by atoms with Crippen LogP contribution in [0, 0.1) is 5.41 Å². The molecular formula is C13H25N3. The van der Waals surface area contributed by atoms with Gasteiger partial charge in [-0.05, 0) is 24.7 Å². The van der Waals surface area contributed by atoms with Gasteiger partial charge in [0.05, 0.1) is 11.4 Å². The van der Waals surface area contributed by atoms with Crippen LogP contribution in [0.4, 0.5) is 0 Å². The summed E-state index contributed by atoms with van der Waals surface area (Å²) in [6.45, 7) is 12.1. The van der Waals surface area contributed by atoms with E-state index in [1.54, 1.807) is 0 Å². The lowest BCUT2D eigenvalue weighted by molar-refractivity contribution is 0.404. The molecule has 0 aliphatic rings. The molecule has 16 heavy (non-hydrogen) atoms. The zero-order valence-electron chi connectivity index (χ0n) is 11.4. The second-order valence-corrected chi connectivity index (χ2v) is 5.65. The Hall–Kier alpha value is -0.860. The Bertz CT molecular complexity index is 320. The molecule has 0 aromatic carbocycles. The van der Waals surface area contributed by atoms with Crippen LogP contribution >= 0.6 is 0 Å². The van der Waals surface area contributed by atoms with Gasteiger partial charge in [-0.25, -0.2) is 4.68 Å². The van der Waals surface area contributed by atoms with Crippen molar-refractivity contribution in [1.82, 2.24) is 15.0 Å². The Morgan fingerprint density at radius 3 is 2.38 bits per heavy atom. The fraction of sp³-hybridized carbons (Fsp3) is 0.846. The number of rotatable bonds is 5. The van der Waals surface area contributed by atoms with E-state index in [4.69, 9.17) is 0 Å². The van der Waals surface area contributed by atoms with E-state index in [0.29, 0.717) is 0 Å². The molecule has 0 saturated heterocycles. The van der Waals surface area contributed by atoms with Gasteiger partial charge in [0.15, 0.2) is 0 Å². The summed E-state index contributed by atoms with van der Waals surface area (Å²) in [6.07, 6.45) is 4.44. The monoisotopic (exact) mass is 223 g/mol. The zero-order valence-corrected chi connectivity index (χ0v) is 11.4. The highest BCUT2D eigenvalue weighted by Gasteiger charge is 2.18. The fourth-order valence-corrected chi connectivity index (χ4v) is 1.88. The minimum atomic E-state index is 0.287. The molecule has 3 heteroatoms. The number of aromatic nitrogens is 3. The Morgan fingerprint density at radius 1 is 1.19 bits per heavy atom. The molecule has 0 amide bonds. The van der Waals surface area contributed by atoms with Crippen molar-refractivity contribution in [3.63, 3.8) is 0 Å². The normalized spacial score (nSPS) is 12.1. The Kier molecular flexibility index (Phi) is 4.51.